The smallest absolute Gasteiger partial charge is 0.244 e. The number of fused-ring (bicyclic) bond motifs is 2. The maximum absolute atomic E-state index is 15.4. The van der Waals surface area contributed by atoms with E-state index in [1.54, 1.807) is 23.1 Å². The Morgan fingerprint density at radius 2 is 2.11 bits per heavy atom. The SMILES string of the molecule is [2H]C1(N2CC[C@@H](Nc3nc(OC)c4c(-c5ccc6nnn(C(CF)CF)c6c5)c(F)cn4n3)[C@@H](F)C2)COC1. The van der Waals surface area contributed by atoms with E-state index in [-0.39, 0.29) is 42.7 Å². The number of likely N-dealkylation sites (tertiary alicyclic amines) is 1. The zero-order valence-corrected chi connectivity index (χ0v) is 20.5. The first-order valence-electron chi connectivity index (χ1n) is 12.7. The van der Waals surface area contributed by atoms with E-state index in [0.717, 1.165) is 10.9 Å². The van der Waals surface area contributed by atoms with Crippen LogP contribution in [0.2, 0.25) is 0 Å². The second kappa shape index (κ2) is 9.98. The summed E-state index contributed by atoms with van der Waals surface area (Å²) in [7, 11) is 1.38. The van der Waals surface area contributed by atoms with Crippen molar-refractivity contribution >= 4 is 22.5 Å². The molecule has 5 heterocycles. The van der Waals surface area contributed by atoms with Gasteiger partial charge in [-0.2, -0.15) is 4.98 Å². The first-order chi connectivity index (χ1) is 18.8. The molecule has 2 aliphatic rings. The van der Waals surface area contributed by atoms with Crippen LogP contribution < -0.4 is 10.1 Å². The van der Waals surface area contributed by atoms with Gasteiger partial charge in [0.05, 0.1) is 51.0 Å². The van der Waals surface area contributed by atoms with Gasteiger partial charge in [-0.15, -0.1) is 10.2 Å². The Bertz CT molecular complexity index is 1510. The molecule has 1 aromatic carbocycles. The molecule has 0 unspecified atom stereocenters. The standard InChI is InChI=1S/C24H26F4N8O2/c1-37-23-22-21(13-2-3-19-20(6-13)36(33-31-19)14(7-25)8-26)17(28)10-35(22)32-24(30-23)29-18-4-5-34(9-16(18)27)15-11-38-12-15/h2-3,6,10,14-16,18H,4-5,7-9,11-12H2,1H3,(H,29,32)/t16-,18+/m0/s1/i15D. The minimum Gasteiger partial charge on any atom is -0.479 e. The lowest BCUT2D eigenvalue weighted by Crippen LogP contribution is -2.57. The summed E-state index contributed by atoms with van der Waals surface area (Å²) >= 11 is 0. The van der Waals surface area contributed by atoms with Crippen LogP contribution in [0.1, 0.15) is 13.8 Å². The van der Waals surface area contributed by atoms with Gasteiger partial charge >= 0.3 is 0 Å². The van der Waals surface area contributed by atoms with E-state index < -0.39 is 43.4 Å². The van der Waals surface area contributed by atoms with Crippen molar-refractivity contribution in [3.8, 4) is 17.0 Å². The number of aromatic nitrogens is 6. The fraction of sp³-hybridized carbons (Fsp3) is 0.500. The van der Waals surface area contributed by atoms with Crippen molar-refractivity contribution in [2.24, 2.45) is 0 Å². The molecular weight excluding hydrogens is 508 g/mol. The van der Waals surface area contributed by atoms with Crippen LogP contribution >= 0.6 is 0 Å². The summed E-state index contributed by atoms with van der Waals surface area (Å²) < 4.78 is 78.5. The number of rotatable bonds is 8. The zero-order chi connectivity index (χ0) is 27.3. The molecule has 0 radical (unpaired) electrons. The number of hydrogen-bond acceptors (Lipinski definition) is 8. The third-order valence-corrected chi connectivity index (χ3v) is 7.05. The van der Waals surface area contributed by atoms with E-state index in [1.165, 1.54) is 11.6 Å². The van der Waals surface area contributed by atoms with Gasteiger partial charge in [0, 0.05) is 13.1 Å². The van der Waals surface area contributed by atoms with Crippen LogP contribution in [0.3, 0.4) is 0 Å². The fourth-order valence-electron chi connectivity index (χ4n) is 4.93. The average molecular weight is 536 g/mol. The summed E-state index contributed by atoms with van der Waals surface area (Å²) in [6.45, 7) is -0.852. The Kier molecular flexibility index (Phi) is 6.20. The summed E-state index contributed by atoms with van der Waals surface area (Å²) in [4.78, 5) is 6.15. The number of alkyl halides is 3. The van der Waals surface area contributed by atoms with E-state index in [0.29, 0.717) is 29.6 Å². The largest absolute Gasteiger partial charge is 0.479 e. The first-order valence-corrected chi connectivity index (χ1v) is 12.2. The Hall–Kier alpha value is -3.52. The molecule has 0 spiro atoms. The monoisotopic (exact) mass is 535 g/mol. The highest BCUT2D eigenvalue weighted by atomic mass is 19.1. The van der Waals surface area contributed by atoms with Crippen LogP contribution in [-0.2, 0) is 4.74 Å². The van der Waals surface area contributed by atoms with Gasteiger partial charge in [-0.1, -0.05) is 11.3 Å². The van der Waals surface area contributed by atoms with Crippen LogP contribution in [-0.4, -0.2) is 99.5 Å². The molecule has 14 heteroatoms. The average Bonchev–Trinajstić information content (AvgIpc) is 3.48. The number of methoxy groups -OCH3 is 1. The molecule has 2 saturated heterocycles. The van der Waals surface area contributed by atoms with Crippen molar-refractivity contribution in [2.45, 2.75) is 30.7 Å². The van der Waals surface area contributed by atoms with E-state index in [4.69, 9.17) is 10.8 Å². The van der Waals surface area contributed by atoms with Crippen molar-refractivity contribution in [3.63, 3.8) is 0 Å². The van der Waals surface area contributed by atoms with Gasteiger partial charge in [-0.05, 0) is 24.1 Å². The number of hydrogen-bond donors (Lipinski definition) is 1. The van der Waals surface area contributed by atoms with Crippen molar-refractivity contribution in [1.82, 2.24) is 34.5 Å². The summed E-state index contributed by atoms with van der Waals surface area (Å²) in [5.74, 6) is -0.528. The summed E-state index contributed by atoms with van der Waals surface area (Å²) in [5, 5.41) is 15.1. The maximum atomic E-state index is 15.4. The molecule has 38 heavy (non-hydrogen) atoms. The quantitative estimate of drug-likeness (QED) is 0.344. The summed E-state index contributed by atoms with van der Waals surface area (Å²) in [6.07, 6.45) is 0.283. The van der Waals surface area contributed by atoms with E-state index in [2.05, 4.69) is 25.7 Å². The van der Waals surface area contributed by atoms with Gasteiger partial charge in [0.1, 0.15) is 36.6 Å². The van der Waals surface area contributed by atoms with E-state index in [9.17, 15) is 8.78 Å². The molecule has 10 nitrogen and oxygen atoms in total. The predicted molar refractivity (Wildman–Crippen MR) is 130 cm³/mol. The second-order valence-corrected chi connectivity index (χ2v) is 9.35. The molecule has 2 aliphatic heterocycles. The Labute approximate surface area is 215 Å². The van der Waals surface area contributed by atoms with Crippen molar-refractivity contribution < 1.29 is 28.4 Å². The number of halogens is 4. The molecular formula is C24H26F4N8O2. The summed E-state index contributed by atoms with van der Waals surface area (Å²) in [5.41, 5.74) is 1.46. The van der Waals surface area contributed by atoms with Gasteiger partial charge in [-0.25, -0.2) is 26.8 Å². The Morgan fingerprint density at radius 3 is 2.79 bits per heavy atom. The minimum atomic E-state index is -1.29. The molecule has 0 saturated carbocycles. The Morgan fingerprint density at radius 1 is 1.29 bits per heavy atom. The molecule has 3 aromatic heterocycles. The first kappa shape index (κ1) is 23.6. The van der Waals surface area contributed by atoms with Crippen LogP contribution in [0.5, 0.6) is 5.88 Å². The third kappa shape index (κ3) is 4.21. The van der Waals surface area contributed by atoms with Crippen LogP contribution in [0.4, 0.5) is 23.5 Å². The van der Waals surface area contributed by atoms with Gasteiger partial charge in [-0.3, -0.25) is 4.90 Å². The maximum Gasteiger partial charge on any atom is 0.244 e. The highest BCUT2D eigenvalue weighted by molar-refractivity contribution is 5.89. The molecule has 0 aliphatic carbocycles. The van der Waals surface area contributed by atoms with Gasteiger partial charge < -0.3 is 14.8 Å². The van der Waals surface area contributed by atoms with Crippen LogP contribution in [0.15, 0.2) is 24.4 Å². The lowest BCUT2D eigenvalue weighted by molar-refractivity contribution is -0.0794. The van der Waals surface area contributed by atoms with Gasteiger partial charge in [0.2, 0.25) is 11.8 Å². The number of benzene rings is 1. The van der Waals surface area contributed by atoms with Crippen LogP contribution in [0.25, 0.3) is 27.7 Å². The molecule has 4 aromatic rings. The molecule has 2 atom stereocenters. The molecule has 0 bridgehead atoms. The molecule has 0 amide bonds. The lowest BCUT2D eigenvalue weighted by atomic mass is 10.0. The molecule has 202 valence electrons. The normalized spacial score (nSPS) is 22.1. The fourth-order valence-corrected chi connectivity index (χ4v) is 4.93. The second-order valence-electron chi connectivity index (χ2n) is 9.35. The zero-order valence-electron chi connectivity index (χ0n) is 21.5. The topological polar surface area (TPSA) is 94.6 Å². The van der Waals surface area contributed by atoms with Crippen molar-refractivity contribution in [3.05, 3.63) is 30.2 Å². The van der Waals surface area contributed by atoms with Gasteiger partial charge in [0.15, 0.2) is 5.82 Å². The number of anilines is 1. The number of ether oxygens (including phenoxy) is 2. The number of piperidine rings is 1. The third-order valence-electron chi connectivity index (χ3n) is 7.05. The molecule has 1 N–H and O–H groups in total. The highest BCUT2D eigenvalue weighted by Crippen LogP contribution is 2.36. The summed E-state index contributed by atoms with van der Waals surface area (Å²) in [6, 6.07) is 2.10. The van der Waals surface area contributed by atoms with E-state index >= 15 is 8.78 Å². The predicted octanol–water partition coefficient (Wildman–Crippen LogP) is 2.99. The Balaban J connectivity index is 1.32. The van der Waals surface area contributed by atoms with Crippen molar-refractivity contribution in [2.75, 3.05) is 52.1 Å². The number of nitrogens with one attached hydrogen (secondary N) is 1. The highest BCUT2D eigenvalue weighted by Gasteiger charge is 2.36. The molecule has 2 fully saturated rings. The van der Waals surface area contributed by atoms with Gasteiger partial charge in [0.25, 0.3) is 0 Å². The lowest BCUT2D eigenvalue weighted by Gasteiger charge is -2.42. The van der Waals surface area contributed by atoms with Crippen molar-refractivity contribution in [1.29, 1.82) is 0 Å². The van der Waals surface area contributed by atoms with E-state index in [1.807, 2.05) is 0 Å². The molecule has 6 rings (SSSR count). The van der Waals surface area contributed by atoms with Crippen LogP contribution in [0, 0.1) is 5.82 Å². The number of nitrogens with zero attached hydrogens (tertiary/aromatic N) is 7. The minimum absolute atomic E-state index is 0.0492.